The topological polar surface area (TPSA) is 49.3 Å². The van der Waals surface area contributed by atoms with Crippen molar-refractivity contribution in [1.29, 1.82) is 0 Å². The van der Waals surface area contributed by atoms with Gasteiger partial charge in [-0.1, -0.05) is 32.0 Å². The van der Waals surface area contributed by atoms with Crippen LogP contribution in [0, 0.1) is 5.92 Å². The average molecular weight is 291 g/mol. The summed E-state index contributed by atoms with van der Waals surface area (Å²) in [4.78, 5) is 12.6. The number of amides is 1. The van der Waals surface area contributed by atoms with Crippen LogP contribution in [0.4, 0.5) is 0 Å². The van der Waals surface area contributed by atoms with Gasteiger partial charge in [-0.15, -0.1) is 11.3 Å². The summed E-state index contributed by atoms with van der Waals surface area (Å²) in [6.07, 6.45) is 0.489. The Balaban J connectivity index is 2.07. The molecule has 0 fully saturated rings. The van der Waals surface area contributed by atoms with E-state index in [-0.39, 0.29) is 12.5 Å². The number of fused-ring (bicyclic) bond motifs is 1. The zero-order chi connectivity index (χ0) is 14.8. The number of rotatable bonds is 5. The first kappa shape index (κ1) is 15.0. The minimum absolute atomic E-state index is 0.0126. The van der Waals surface area contributed by atoms with Crippen molar-refractivity contribution in [3.8, 4) is 0 Å². The maximum absolute atomic E-state index is 11.7. The lowest BCUT2D eigenvalue weighted by Crippen LogP contribution is -2.38. The third-order valence-electron chi connectivity index (χ3n) is 3.18. The highest BCUT2D eigenvalue weighted by molar-refractivity contribution is 7.19. The zero-order valence-electron chi connectivity index (χ0n) is 12.1. The second kappa shape index (κ2) is 5.94. The molecule has 1 amide bonds. The summed E-state index contributed by atoms with van der Waals surface area (Å²) >= 11 is 1.57. The van der Waals surface area contributed by atoms with Crippen molar-refractivity contribution in [2.75, 3.05) is 6.54 Å². The Morgan fingerprint density at radius 2 is 2.10 bits per heavy atom. The second-order valence-corrected chi connectivity index (χ2v) is 6.88. The Labute approximate surface area is 123 Å². The standard InChI is InChI=1S/C16H21NO2S/c1-11(2)8-15(18)17-10-16(3,19)14-9-12-6-4-5-7-13(12)20-14/h4-7,9,11,19H,8,10H2,1-3H3,(H,17,18). The number of hydrogen-bond acceptors (Lipinski definition) is 3. The van der Waals surface area contributed by atoms with Gasteiger partial charge in [-0.2, -0.15) is 0 Å². The first-order valence-corrected chi connectivity index (χ1v) is 7.68. The van der Waals surface area contributed by atoms with E-state index in [9.17, 15) is 9.90 Å². The molecule has 2 rings (SSSR count). The molecule has 20 heavy (non-hydrogen) atoms. The molecule has 1 heterocycles. The van der Waals surface area contributed by atoms with Gasteiger partial charge in [-0.3, -0.25) is 4.79 Å². The van der Waals surface area contributed by atoms with E-state index in [0.717, 1.165) is 15.0 Å². The van der Waals surface area contributed by atoms with Crippen molar-refractivity contribution >= 4 is 27.3 Å². The largest absolute Gasteiger partial charge is 0.383 e. The molecule has 0 saturated heterocycles. The van der Waals surface area contributed by atoms with Gasteiger partial charge in [-0.05, 0) is 30.4 Å². The van der Waals surface area contributed by atoms with Crippen molar-refractivity contribution in [2.45, 2.75) is 32.8 Å². The fourth-order valence-electron chi connectivity index (χ4n) is 2.05. The van der Waals surface area contributed by atoms with Gasteiger partial charge < -0.3 is 10.4 Å². The number of carbonyl (C=O) groups is 1. The maximum Gasteiger partial charge on any atom is 0.220 e. The molecule has 0 aliphatic carbocycles. The lowest BCUT2D eigenvalue weighted by molar-refractivity contribution is -0.123. The average Bonchev–Trinajstić information content (AvgIpc) is 2.80. The van der Waals surface area contributed by atoms with Crippen LogP contribution in [0.3, 0.4) is 0 Å². The van der Waals surface area contributed by atoms with Gasteiger partial charge in [0.1, 0.15) is 5.60 Å². The summed E-state index contributed by atoms with van der Waals surface area (Å²) in [5.74, 6) is 0.311. The van der Waals surface area contributed by atoms with E-state index in [4.69, 9.17) is 0 Å². The second-order valence-electron chi connectivity index (χ2n) is 5.80. The molecule has 2 N–H and O–H groups in total. The van der Waals surface area contributed by atoms with Crippen molar-refractivity contribution in [3.05, 3.63) is 35.2 Å². The van der Waals surface area contributed by atoms with E-state index in [0.29, 0.717) is 12.3 Å². The van der Waals surface area contributed by atoms with Gasteiger partial charge in [-0.25, -0.2) is 0 Å². The third-order valence-corrected chi connectivity index (χ3v) is 4.55. The molecule has 1 unspecified atom stereocenters. The number of aliphatic hydroxyl groups is 1. The highest BCUT2D eigenvalue weighted by Gasteiger charge is 2.26. The molecule has 0 saturated carbocycles. The van der Waals surface area contributed by atoms with E-state index < -0.39 is 5.60 Å². The highest BCUT2D eigenvalue weighted by Crippen LogP contribution is 2.32. The van der Waals surface area contributed by atoms with Crippen LogP contribution in [-0.2, 0) is 10.4 Å². The van der Waals surface area contributed by atoms with E-state index >= 15 is 0 Å². The van der Waals surface area contributed by atoms with Gasteiger partial charge in [0.2, 0.25) is 5.91 Å². The van der Waals surface area contributed by atoms with Crippen LogP contribution >= 0.6 is 11.3 Å². The predicted octanol–water partition coefficient (Wildman–Crippen LogP) is 3.27. The molecule has 1 aromatic carbocycles. The minimum Gasteiger partial charge on any atom is -0.383 e. The Kier molecular flexibility index (Phi) is 4.45. The Hall–Kier alpha value is -1.39. The van der Waals surface area contributed by atoms with Crippen LogP contribution in [0.2, 0.25) is 0 Å². The summed E-state index contributed by atoms with van der Waals surface area (Å²) < 4.78 is 1.15. The molecule has 0 aliphatic rings. The highest BCUT2D eigenvalue weighted by atomic mass is 32.1. The van der Waals surface area contributed by atoms with E-state index in [1.54, 1.807) is 18.3 Å². The Morgan fingerprint density at radius 1 is 1.40 bits per heavy atom. The van der Waals surface area contributed by atoms with Crippen LogP contribution < -0.4 is 5.32 Å². The summed E-state index contributed by atoms with van der Waals surface area (Å²) in [7, 11) is 0. The number of thiophene rings is 1. The number of carbonyl (C=O) groups excluding carboxylic acids is 1. The van der Waals surface area contributed by atoms with Crippen LogP contribution in [0.25, 0.3) is 10.1 Å². The lowest BCUT2D eigenvalue weighted by atomic mass is 10.0. The molecular weight excluding hydrogens is 270 g/mol. The molecule has 0 spiro atoms. The van der Waals surface area contributed by atoms with Crippen molar-refractivity contribution < 1.29 is 9.90 Å². The lowest BCUT2D eigenvalue weighted by Gasteiger charge is -2.22. The first-order valence-electron chi connectivity index (χ1n) is 6.86. The van der Waals surface area contributed by atoms with Crippen LogP contribution in [0.15, 0.2) is 30.3 Å². The molecule has 1 atom stereocenters. The molecule has 0 radical (unpaired) electrons. The zero-order valence-corrected chi connectivity index (χ0v) is 13.0. The first-order chi connectivity index (χ1) is 9.38. The van der Waals surface area contributed by atoms with Gasteiger partial charge in [0, 0.05) is 16.0 Å². The molecule has 0 aliphatic heterocycles. The number of hydrogen-bond donors (Lipinski definition) is 2. The fourth-order valence-corrected chi connectivity index (χ4v) is 3.15. The molecular formula is C16H21NO2S. The number of nitrogens with one attached hydrogen (secondary N) is 1. The summed E-state index contributed by atoms with van der Waals surface area (Å²) in [5.41, 5.74) is -1.03. The summed E-state index contributed by atoms with van der Waals surface area (Å²) in [5, 5.41) is 14.5. The fraction of sp³-hybridized carbons (Fsp3) is 0.438. The normalized spacial score (nSPS) is 14.4. The van der Waals surface area contributed by atoms with Gasteiger partial charge in [0.25, 0.3) is 0 Å². The molecule has 0 bridgehead atoms. The minimum atomic E-state index is -1.03. The van der Waals surface area contributed by atoms with Gasteiger partial charge >= 0.3 is 0 Å². The molecule has 2 aromatic rings. The smallest absolute Gasteiger partial charge is 0.220 e. The van der Waals surface area contributed by atoms with E-state index in [1.807, 2.05) is 44.2 Å². The van der Waals surface area contributed by atoms with Gasteiger partial charge in [0.05, 0.1) is 6.54 Å². The van der Waals surface area contributed by atoms with Crippen LogP contribution in [0.5, 0.6) is 0 Å². The molecule has 3 nitrogen and oxygen atoms in total. The predicted molar refractivity (Wildman–Crippen MR) is 83.9 cm³/mol. The SMILES string of the molecule is CC(C)CC(=O)NCC(C)(O)c1cc2ccccc2s1. The summed E-state index contributed by atoms with van der Waals surface area (Å²) in [6.45, 7) is 5.99. The van der Waals surface area contributed by atoms with Crippen molar-refractivity contribution in [2.24, 2.45) is 5.92 Å². The van der Waals surface area contributed by atoms with E-state index in [2.05, 4.69) is 5.32 Å². The van der Waals surface area contributed by atoms with Crippen LogP contribution in [0.1, 0.15) is 32.1 Å². The van der Waals surface area contributed by atoms with Gasteiger partial charge in [0.15, 0.2) is 0 Å². The molecule has 1 aromatic heterocycles. The van der Waals surface area contributed by atoms with E-state index in [1.165, 1.54) is 0 Å². The van der Waals surface area contributed by atoms with Crippen LogP contribution in [-0.4, -0.2) is 17.6 Å². The van der Waals surface area contributed by atoms with Crippen molar-refractivity contribution in [1.82, 2.24) is 5.32 Å². The monoisotopic (exact) mass is 291 g/mol. The third kappa shape index (κ3) is 3.58. The Morgan fingerprint density at radius 3 is 2.75 bits per heavy atom. The molecule has 4 heteroatoms. The Bertz CT molecular complexity index is 568. The molecule has 108 valence electrons. The number of benzene rings is 1. The quantitative estimate of drug-likeness (QED) is 0.888. The maximum atomic E-state index is 11.7. The summed E-state index contributed by atoms with van der Waals surface area (Å²) in [6, 6.07) is 10.0. The van der Waals surface area contributed by atoms with Crippen molar-refractivity contribution in [3.63, 3.8) is 0 Å².